The maximum atomic E-state index is 12.6. The zero-order valence-corrected chi connectivity index (χ0v) is 16.3. The van der Waals surface area contributed by atoms with E-state index in [-0.39, 0.29) is 5.91 Å². The smallest absolute Gasteiger partial charge is 0.274 e. The number of hydrogen-bond donors (Lipinski definition) is 1. The van der Waals surface area contributed by atoms with Crippen molar-refractivity contribution in [2.75, 3.05) is 74.6 Å². The first-order valence-corrected chi connectivity index (χ1v) is 9.83. The highest BCUT2D eigenvalue weighted by Gasteiger charge is 2.16. The highest BCUT2D eigenvalue weighted by atomic mass is 16.5. The molecule has 0 unspecified atom stereocenters. The normalized spacial score (nSPS) is 18.2. The maximum Gasteiger partial charge on any atom is 0.274 e. The number of carbonyl (C=O) groups is 1. The summed E-state index contributed by atoms with van der Waals surface area (Å²) in [6.07, 6.45) is 1.69. The molecule has 148 valence electrons. The molecule has 0 atom stereocenters. The molecular weight excluding hydrogens is 354 g/mol. The molecule has 2 fully saturated rings. The number of hydrogen-bond acceptors (Lipinski definition) is 6. The quantitative estimate of drug-likeness (QED) is 0.873. The SMILES string of the molecule is CN1CCN(c2ccc(NC(=O)c3cc(N4CCOCC4)ccn3)cc2)CC1. The molecule has 0 aliphatic carbocycles. The van der Waals surface area contributed by atoms with Crippen molar-refractivity contribution in [1.82, 2.24) is 9.88 Å². The minimum atomic E-state index is -0.192. The van der Waals surface area contributed by atoms with Gasteiger partial charge in [-0.1, -0.05) is 0 Å². The second-order valence-corrected chi connectivity index (χ2v) is 7.29. The first kappa shape index (κ1) is 18.7. The molecular formula is C21H27N5O2. The number of likely N-dealkylation sites (N-methyl/N-ethyl adjacent to an activating group) is 1. The third-order valence-electron chi connectivity index (χ3n) is 5.35. The highest BCUT2D eigenvalue weighted by Crippen LogP contribution is 2.21. The van der Waals surface area contributed by atoms with Gasteiger partial charge in [0.2, 0.25) is 0 Å². The summed E-state index contributed by atoms with van der Waals surface area (Å²) in [4.78, 5) is 23.8. The van der Waals surface area contributed by atoms with Crippen molar-refractivity contribution in [3.05, 3.63) is 48.3 Å². The maximum absolute atomic E-state index is 12.6. The molecule has 7 heteroatoms. The molecule has 0 bridgehead atoms. The van der Waals surface area contributed by atoms with E-state index in [1.807, 2.05) is 24.3 Å². The van der Waals surface area contributed by atoms with Gasteiger partial charge in [-0.05, 0) is 43.4 Å². The Bertz CT molecular complexity index is 797. The molecule has 1 N–H and O–H groups in total. The van der Waals surface area contributed by atoms with Crippen LogP contribution >= 0.6 is 0 Å². The van der Waals surface area contributed by atoms with E-state index >= 15 is 0 Å². The van der Waals surface area contributed by atoms with E-state index in [1.54, 1.807) is 6.20 Å². The third-order valence-corrected chi connectivity index (χ3v) is 5.35. The Morgan fingerprint density at radius 1 is 0.929 bits per heavy atom. The molecule has 7 nitrogen and oxygen atoms in total. The Morgan fingerprint density at radius 3 is 2.32 bits per heavy atom. The van der Waals surface area contributed by atoms with Crippen molar-refractivity contribution < 1.29 is 9.53 Å². The average molecular weight is 381 g/mol. The summed E-state index contributed by atoms with van der Waals surface area (Å²) in [6.45, 7) is 7.29. The van der Waals surface area contributed by atoms with Crippen LogP contribution in [0.4, 0.5) is 17.1 Å². The van der Waals surface area contributed by atoms with Crippen LogP contribution in [0.3, 0.4) is 0 Å². The summed E-state index contributed by atoms with van der Waals surface area (Å²) in [7, 11) is 2.15. The number of morpholine rings is 1. The van der Waals surface area contributed by atoms with Gasteiger partial charge in [0, 0.05) is 62.5 Å². The molecule has 0 radical (unpaired) electrons. The summed E-state index contributed by atoms with van der Waals surface area (Å²) in [6, 6.07) is 11.8. The van der Waals surface area contributed by atoms with Crippen molar-refractivity contribution in [2.45, 2.75) is 0 Å². The number of rotatable bonds is 4. The zero-order chi connectivity index (χ0) is 19.3. The number of nitrogens with one attached hydrogen (secondary N) is 1. The number of ether oxygens (including phenoxy) is 1. The fourth-order valence-corrected chi connectivity index (χ4v) is 3.58. The van der Waals surface area contributed by atoms with Crippen LogP contribution in [0.2, 0.25) is 0 Å². The fraction of sp³-hybridized carbons (Fsp3) is 0.429. The van der Waals surface area contributed by atoms with Crippen LogP contribution in [0.25, 0.3) is 0 Å². The van der Waals surface area contributed by atoms with Crippen molar-refractivity contribution in [3.8, 4) is 0 Å². The number of piperazine rings is 1. The highest BCUT2D eigenvalue weighted by molar-refractivity contribution is 6.03. The lowest BCUT2D eigenvalue weighted by Crippen LogP contribution is -2.44. The first-order chi connectivity index (χ1) is 13.7. The van der Waals surface area contributed by atoms with Gasteiger partial charge in [-0.3, -0.25) is 9.78 Å². The van der Waals surface area contributed by atoms with Gasteiger partial charge in [0.1, 0.15) is 5.69 Å². The minimum Gasteiger partial charge on any atom is -0.378 e. The Balaban J connectivity index is 1.39. The lowest BCUT2D eigenvalue weighted by atomic mass is 10.2. The van der Waals surface area contributed by atoms with Gasteiger partial charge in [-0.15, -0.1) is 0 Å². The Labute approximate surface area is 165 Å². The molecule has 2 aliphatic heterocycles. The summed E-state index contributed by atoms with van der Waals surface area (Å²) in [5.74, 6) is -0.192. The summed E-state index contributed by atoms with van der Waals surface area (Å²) in [5, 5.41) is 2.95. The minimum absolute atomic E-state index is 0.192. The Hall–Kier alpha value is -2.64. The number of aromatic nitrogens is 1. The van der Waals surface area contributed by atoms with Gasteiger partial charge >= 0.3 is 0 Å². The number of anilines is 3. The molecule has 1 amide bonds. The lowest BCUT2D eigenvalue weighted by Gasteiger charge is -2.34. The molecule has 0 spiro atoms. The average Bonchev–Trinajstić information content (AvgIpc) is 2.76. The summed E-state index contributed by atoms with van der Waals surface area (Å²) in [5.41, 5.74) is 3.40. The fourth-order valence-electron chi connectivity index (χ4n) is 3.58. The van der Waals surface area contributed by atoms with E-state index in [9.17, 15) is 4.79 Å². The van der Waals surface area contributed by atoms with Crippen LogP contribution in [0.1, 0.15) is 10.5 Å². The lowest BCUT2D eigenvalue weighted by molar-refractivity contribution is 0.102. The van der Waals surface area contributed by atoms with Crippen LogP contribution in [0, 0.1) is 0 Å². The van der Waals surface area contributed by atoms with E-state index in [1.165, 1.54) is 5.69 Å². The van der Waals surface area contributed by atoms with Crippen LogP contribution in [-0.4, -0.2) is 75.3 Å². The van der Waals surface area contributed by atoms with Crippen molar-refractivity contribution >= 4 is 23.0 Å². The van der Waals surface area contributed by atoms with Crippen LogP contribution in [-0.2, 0) is 4.74 Å². The monoisotopic (exact) mass is 381 g/mol. The summed E-state index contributed by atoms with van der Waals surface area (Å²) >= 11 is 0. The van der Waals surface area contributed by atoms with E-state index in [0.29, 0.717) is 18.9 Å². The third kappa shape index (κ3) is 4.43. The predicted molar refractivity (Wildman–Crippen MR) is 111 cm³/mol. The topological polar surface area (TPSA) is 60.9 Å². The number of pyridine rings is 1. The molecule has 1 aromatic carbocycles. The molecule has 4 rings (SSSR count). The van der Waals surface area contributed by atoms with Gasteiger partial charge in [-0.25, -0.2) is 0 Å². The Kier molecular flexibility index (Phi) is 5.73. The number of nitrogens with zero attached hydrogens (tertiary/aromatic N) is 4. The zero-order valence-electron chi connectivity index (χ0n) is 16.3. The van der Waals surface area contributed by atoms with E-state index in [0.717, 1.165) is 50.6 Å². The van der Waals surface area contributed by atoms with E-state index in [4.69, 9.17) is 4.74 Å². The summed E-state index contributed by atoms with van der Waals surface area (Å²) < 4.78 is 5.39. The number of carbonyl (C=O) groups excluding carboxylic acids is 1. The van der Waals surface area contributed by atoms with Gasteiger partial charge < -0.3 is 24.8 Å². The predicted octanol–water partition coefficient (Wildman–Crippen LogP) is 1.92. The number of amides is 1. The largest absolute Gasteiger partial charge is 0.378 e. The molecule has 28 heavy (non-hydrogen) atoms. The van der Waals surface area contributed by atoms with Gasteiger partial charge in [0.25, 0.3) is 5.91 Å². The number of benzene rings is 1. The standard InChI is InChI=1S/C21H27N5O2/c1-24-8-10-25(11-9-24)18-4-2-17(3-5-18)23-21(27)20-16-19(6-7-22-20)26-12-14-28-15-13-26/h2-7,16H,8-15H2,1H3,(H,23,27). The van der Waals surface area contributed by atoms with Crippen molar-refractivity contribution in [3.63, 3.8) is 0 Å². The molecule has 2 aliphatic rings. The molecule has 2 saturated heterocycles. The van der Waals surface area contributed by atoms with Crippen LogP contribution in [0.15, 0.2) is 42.6 Å². The van der Waals surface area contributed by atoms with Crippen molar-refractivity contribution in [2.24, 2.45) is 0 Å². The van der Waals surface area contributed by atoms with Crippen LogP contribution < -0.4 is 15.1 Å². The Morgan fingerprint density at radius 2 is 1.61 bits per heavy atom. The van der Waals surface area contributed by atoms with Crippen molar-refractivity contribution in [1.29, 1.82) is 0 Å². The molecule has 3 heterocycles. The molecule has 0 saturated carbocycles. The van der Waals surface area contributed by atoms with Gasteiger partial charge in [-0.2, -0.15) is 0 Å². The molecule has 1 aromatic heterocycles. The van der Waals surface area contributed by atoms with Gasteiger partial charge in [0.15, 0.2) is 0 Å². The molecule has 2 aromatic rings. The second kappa shape index (κ2) is 8.58. The van der Waals surface area contributed by atoms with Gasteiger partial charge in [0.05, 0.1) is 13.2 Å². The van der Waals surface area contributed by atoms with Crippen LogP contribution in [0.5, 0.6) is 0 Å². The second-order valence-electron chi connectivity index (χ2n) is 7.29. The first-order valence-electron chi connectivity index (χ1n) is 9.83. The van der Waals surface area contributed by atoms with E-state index < -0.39 is 0 Å². The van der Waals surface area contributed by atoms with E-state index in [2.05, 4.69) is 44.2 Å².